The molecule has 3 aromatic rings. The van der Waals surface area contributed by atoms with Gasteiger partial charge in [0, 0.05) is 11.0 Å². The monoisotopic (exact) mass is 501 g/mol. The molecule has 0 aliphatic carbocycles. The number of aromatic hydroxyl groups is 1. The Morgan fingerprint density at radius 2 is 1.35 bits per heavy atom. The fourth-order valence-electron chi connectivity index (χ4n) is 3.38. The van der Waals surface area contributed by atoms with Crippen LogP contribution in [0.2, 0.25) is 0 Å². The molecular weight excluding hydrogens is 474 g/mol. The molecule has 0 saturated carbocycles. The van der Waals surface area contributed by atoms with Crippen LogP contribution >= 0.6 is 28.3 Å². The standard InChI is InChI=1S/C26H28BrNO2.ClH/c1-4-25(19-5-11-22(27)12-6-19)26(20-7-13-23(29)14-8-20)21-9-15-24(16-10-21)30-18-17-28(2)3;/h5-16,29H,4,17-18H2,1-3H3;1H/b26-25-;. The fourth-order valence-corrected chi connectivity index (χ4v) is 3.65. The largest absolute Gasteiger partial charge is 0.508 e. The molecule has 0 bridgehead atoms. The van der Waals surface area contributed by atoms with E-state index < -0.39 is 0 Å². The van der Waals surface area contributed by atoms with Gasteiger partial charge in [-0.15, -0.1) is 12.4 Å². The van der Waals surface area contributed by atoms with Gasteiger partial charge in [-0.25, -0.2) is 0 Å². The minimum Gasteiger partial charge on any atom is -0.508 e. The first kappa shape index (κ1) is 25.0. The number of phenols is 1. The Balaban J connectivity index is 0.00000341. The fraction of sp³-hybridized carbons (Fsp3) is 0.231. The molecule has 0 radical (unpaired) electrons. The molecular formula is C26H29BrClNO2. The van der Waals surface area contributed by atoms with E-state index in [2.05, 4.69) is 64.2 Å². The Hall–Kier alpha value is -2.27. The molecule has 1 N–H and O–H groups in total. The van der Waals surface area contributed by atoms with E-state index in [1.165, 1.54) is 16.7 Å². The summed E-state index contributed by atoms with van der Waals surface area (Å²) in [6, 6.07) is 24.1. The molecule has 3 aromatic carbocycles. The minimum atomic E-state index is 0. The summed E-state index contributed by atoms with van der Waals surface area (Å²) in [6.07, 6.45) is 0.888. The van der Waals surface area contributed by atoms with Gasteiger partial charge < -0.3 is 14.7 Å². The normalized spacial score (nSPS) is 11.6. The molecule has 164 valence electrons. The third-order valence-electron chi connectivity index (χ3n) is 4.95. The van der Waals surface area contributed by atoms with Crippen LogP contribution in [0.4, 0.5) is 0 Å². The van der Waals surface area contributed by atoms with Gasteiger partial charge in [-0.2, -0.15) is 0 Å². The van der Waals surface area contributed by atoms with Gasteiger partial charge >= 0.3 is 0 Å². The summed E-state index contributed by atoms with van der Waals surface area (Å²) >= 11 is 3.53. The second-order valence-corrected chi connectivity index (χ2v) is 8.35. The molecule has 31 heavy (non-hydrogen) atoms. The molecule has 5 heteroatoms. The summed E-state index contributed by atoms with van der Waals surface area (Å²) in [6.45, 7) is 3.71. The van der Waals surface area contributed by atoms with E-state index in [4.69, 9.17) is 4.74 Å². The van der Waals surface area contributed by atoms with Crippen LogP contribution in [0.3, 0.4) is 0 Å². The van der Waals surface area contributed by atoms with E-state index in [-0.39, 0.29) is 18.2 Å². The van der Waals surface area contributed by atoms with Crippen molar-refractivity contribution in [3.8, 4) is 11.5 Å². The summed E-state index contributed by atoms with van der Waals surface area (Å²) in [5, 5.41) is 9.77. The Morgan fingerprint density at radius 3 is 1.87 bits per heavy atom. The lowest BCUT2D eigenvalue weighted by Gasteiger charge is -2.17. The average molecular weight is 503 g/mol. The molecule has 0 spiro atoms. The maximum Gasteiger partial charge on any atom is 0.119 e. The quantitative estimate of drug-likeness (QED) is 0.341. The topological polar surface area (TPSA) is 32.7 Å². The van der Waals surface area contributed by atoms with Crippen LogP contribution in [0, 0.1) is 0 Å². The van der Waals surface area contributed by atoms with Crippen molar-refractivity contribution in [2.24, 2.45) is 0 Å². The highest BCUT2D eigenvalue weighted by molar-refractivity contribution is 9.10. The number of rotatable bonds is 8. The van der Waals surface area contributed by atoms with Gasteiger partial charge in [-0.05, 0) is 84.8 Å². The van der Waals surface area contributed by atoms with Gasteiger partial charge in [0.1, 0.15) is 18.1 Å². The van der Waals surface area contributed by atoms with Gasteiger partial charge in [-0.1, -0.05) is 59.3 Å². The number of halogens is 2. The van der Waals surface area contributed by atoms with Crippen molar-refractivity contribution in [3.63, 3.8) is 0 Å². The SMILES string of the molecule is CC/C(=C(\c1ccc(O)cc1)c1ccc(OCCN(C)C)cc1)c1ccc(Br)cc1.Cl. The van der Waals surface area contributed by atoms with E-state index >= 15 is 0 Å². The van der Waals surface area contributed by atoms with Crippen LogP contribution in [0.25, 0.3) is 11.1 Å². The predicted molar refractivity (Wildman–Crippen MR) is 136 cm³/mol. The Kier molecular flexibility index (Phi) is 9.63. The smallest absolute Gasteiger partial charge is 0.119 e. The number of likely N-dealkylation sites (N-methyl/N-ethyl adjacent to an activating group) is 1. The molecule has 0 unspecified atom stereocenters. The number of phenolic OH excluding ortho intramolecular Hbond substituents is 1. The van der Waals surface area contributed by atoms with Crippen LogP contribution in [0.5, 0.6) is 11.5 Å². The summed E-state index contributed by atoms with van der Waals surface area (Å²) in [5.74, 6) is 1.14. The number of hydrogen-bond donors (Lipinski definition) is 1. The molecule has 0 saturated heterocycles. The second kappa shape index (κ2) is 11.9. The van der Waals surface area contributed by atoms with Gasteiger partial charge in [0.15, 0.2) is 0 Å². The first-order valence-electron chi connectivity index (χ1n) is 10.1. The molecule has 0 aliphatic rings. The Bertz CT molecular complexity index is 981. The van der Waals surface area contributed by atoms with Crippen molar-refractivity contribution in [1.82, 2.24) is 4.90 Å². The maximum absolute atomic E-state index is 9.77. The van der Waals surface area contributed by atoms with Gasteiger partial charge in [0.25, 0.3) is 0 Å². The minimum absolute atomic E-state index is 0. The van der Waals surface area contributed by atoms with Crippen molar-refractivity contribution < 1.29 is 9.84 Å². The average Bonchev–Trinajstić information content (AvgIpc) is 2.74. The van der Waals surface area contributed by atoms with E-state index in [1.54, 1.807) is 12.1 Å². The third-order valence-corrected chi connectivity index (χ3v) is 5.48. The Labute approximate surface area is 199 Å². The van der Waals surface area contributed by atoms with Gasteiger partial charge in [0.05, 0.1) is 0 Å². The van der Waals surface area contributed by atoms with Gasteiger partial charge in [0.2, 0.25) is 0 Å². The second-order valence-electron chi connectivity index (χ2n) is 7.44. The number of benzene rings is 3. The van der Waals surface area contributed by atoms with Crippen molar-refractivity contribution in [1.29, 1.82) is 0 Å². The molecule has 0 aromatic heterocycles. The van der Waals surface area contributed by atoms with E-state index in [9.17, 15) is 5.11 Å². The number of nitrogens with zero attached hydrogens (tertiary/aromatic N) is 1. The number of ether oxygens (including phenoxy) is 1. The number of hydrogen-bond acceptors (Lipinski definition) is 3. The van der Waals surface area contributed by atoms with E-state index in [0.29, 0.717) is 6.61 Å². The zero-order valence-electron chi connectivity index (χ0n) is 18.1. The highest BCUT2D eigenvalue weighted by Crippen LogP contribution is 2.36. The third kappa shape index (κ3) is 6.86. The molecule has 0 atom stereocenters. The van der Waals surface area contributed by atoms with Crippen molar-refractivity contribution >= 4 is 39.5 Å². The van der Waals surface area contributed by atoms with Crippen LogP contribution in [0.1, 0.15) is 30.0 Å². The summed E-state index contributed by atoms with van der Waals surface area (Å²) < 4.78 is 6.92. The summed E-state index contributed by atoms with van der Waals surface area (Å²) in [4.78, 5) is 2.10. The van der Waals surface area contributed by atoms with Crippen molar-refractivity contribution in [2.75, 3.05) is 27.2 Å². The lowest BCUT2D eigenvalue weighted by Crippen LogP contribution is -2.19. The lowest BCUT2D eigenvalue weighted by atomic mass is 9.88. The Morgan fingerprint density at radius 1 is 0.839 bits per heavy atom. The van der Waals surface area contributed by atoms with Crippen LogP contribution in [-0.4, -0.2) is 37.3 Å². The van der Waals surface area contributed by atoms with Crippen LogP contribution in [-0.2, 0) is 0 Å². The van der Waals surface area contributed by atoms with E-state index in [0.717, 1.165) is 34.3 Å². The zero-order valence-corrected chi connectivity index (χ0v) is 20.5. The first-order valence-corrected chi connectivity index (χ1v) is 10.9. The van der Waals surface area contributed by atoms with Crippen molar-refractivity contribution in [3.05, 3.63) is 94.0 Å². The molecule has 3 rings (SSSR count). The molecule has 3 nitrogen and oxygen atoms in total. The summed E-state index contributed by atoms with van der Waals surface area (Å²) in [7, 11) is 4.07. The highest BCUT2D eigenvalue weighted by atomic mass is 79.9. The van der Waals surface area contributed by atoms with Gasteiger partial charge in [-0.3, -0.25) is 0 Å². The molecule has 0 heterocycles. The molecule has 0 amide bonds. The zero-order chi connectivity index (χ0) is 21.5. The van der Waals surface area contributed by atoms with E-state index in [1.807, 2.05) is 38.4 Å². The lowest BCUT2D eigenvalue weighted by molar-refractivity contribution is 0.261. The highest BCUT2D eigenvalue weighted by Gasteiger charge is 2.13. The number of allylic oxidation sites excluding steroid dienone is 1. The molecule has 0 aliphatic heterocycles. The van der Waals surface area contributed by atoms with Crippen molar-refractivity contribution in [2.45, 2.75) is 13.3 Å². The molecule has 0 fully saturated rings. The van der Waals surface area contributed by atoms with Crippen LogP contribution < -0.4 is 4.74 Å². The predicted octanol–water partition coefficient (Wildman–Crippen LogP) is 6.89. The van der Waals surface area contributed by atoms with Crippen LogP contribution in [0.15, 0.2) is 77.3 Å². The summed E-state index contributed by atoms with van der Waals surface area (Å²) in [5.41, 5.74) is 5.82. The first-order chi connectivity index (χ1) is 14.5. The maximum atomic E-state index is 9.77.